The first-order valence-corrected chi connectivity index (χ1v) is 5.60. The van der Waals surface area contributed by atoms with Crippen molar-refractivity contribution < 1.29 is 14.4 Å². The van der Waals surface area contributed by atoms with Crippen LogP contribution in [0.1, 0.15) is 21.7 Å². The fourth-order valence-corrected chi connectivity index (χ4v) is 2.20. The number of anilines is 1. The average molecular weight is 245 g/mol. The summed E-state index contributed by atoms with van der Waals surface area (Å²) in [6, 6.07) is 5.19. The minimum atomic E-state index is -0.894. The van der Waals surface area contributed by atoms with Crippen LogP contribution in [0.25, 0.3) is 0 Å². The minimum absolute atomic E-state index is 0.329. The van der Waals surface area contributed by atoms with Gasteiger partial charge in [-0.15, -0.1) is 0 Å². The van der Waals surface area contributed by atoms with Gasteiger partial charge in [-0.05, 0) is 30.2 Å². The van der Waals surface area contributed by atoms with Crippen LogP contribution in [0, 0.1) is 0 Å². The van der Waals surface area contributed by atoms with E-state index in [1.807, 2.05) is 6.07 Å². The zero-order valence-corrected chi connectivity index (χ0v) is 9.54. The molecular formula is C12H11N3O3. The van der Waals surface area contributed by atoms with Crippen molar-refractivity contribution in [3.63, 3.8) is 0 Å². The third-order valence-corrected chi connectivity index (χ3v) is 3.06. The number of carbonyl (C=O) groups is 1. The van der Waals surface area contributed by atoms with E-state index in [9.17, 15) is 4.79 Å². The van der Waals surface area contributed by atoms with Crippen molar-refractivity contribution >= 4 is 11.7 Å². The quantitative estimate of drug-likeness (QED) is 0.878. The fraction of sp³-hybridized carbons (Fsp3) is 0.250. The van der Waals surface area contributed by atoms with Crippen molar-refractivity contribution in [3.8, 4) is 0 Å². The normalized spacial score (nSPS) is 13.7. The van der Waals surface area contributed by atoms with Gasteiger partial charge in [-0.2, -0.15) is 4.98 Å². The molecule has 1 aromatic heterocycles. The number of hydrogen-bond acceptors (Lipinski definition) is 5. The summed E-state index contributed by atoms with van der Waals surface area (Å²) in [7, 11) is 0. The average Bonchev–Trinajstić information content (AvgIpc) is 2.99. The number of carboxylic acid groups (broad SMARTS) is 1. The van der Waals surface area contributed by atoms with E-state index < -0.39 is 5.97 Å². The highest BCUT2D eigenvalue weighted by Crippen LogP contribution is 2.29. The summed E-state index contributed by atoms with van der Waals surface area (Å²) in [6.45, 7) is 1.42. The van der Waals surface area contributed by atoms with E-state index >= 15 is 0 Å². The lowest BCUT2D eigenvalue weighted by molar-refractivity contribution is 0.0697. The predicted molar refractivity (Wildman–Crippen MR) is 62.5 cm³/mol. The number of benzene rings is 1. The van der Waals surface area contributed by atoms with Crippen molar-refractivity contribution in [1.82, 2.24) is 10.1 Å². The van der Waals surface area contributed by atoms with E-state index in [1.165, 1.54) is 6.39 Å². The molecule has 18 heavy (non-hydrogen) atoms. The molecule has 2 aromatic rings. The molecular weight excluding hydrogens is 234 g/mol. The maximum absolute atomic E-state index is 10.9. The third kappa shape index (κ3) is 1.81. The van der Waals surface area contributed by atoms with Crippen LogP contribution in [-0.2, 0) is 13.0 Å². The van der Waals surface area contributed by atoms with Crippen LogP contribution in [0.2, 0.25) is 0 Å². The van der Waals surface area contributed by atoms with E-state index in [1.54, 1.807) is 12.1 Å². The highest BCUT2D eigenvalue weighted by Gasteiger charge is 2.21. The highest BCUT2D eigenvalue weighted by atomic mass is 16.5. The Morgan fingerprint density at radius 3 is 3.11 bits per heavy atom. The molecule has 0 saturated heterocycles. The van der Waals surface area contributed by atoms with Gasteiger partial charge < -0.3 is 14.5 Å². The molecule has 1 aliphatic heterocycles. The monoisotopic (exact) mass is 245 g/mol. The third-order valence-electron chi connectivity index (χ3n) is 3.06. The SMILES string of the molecule is O=C(O)c1ccc2c(c1)CCN2Cc1ncon1. The van der Waals surface area contributed by atoms with E-state index in [4.69, 9.17) is 9.63 Å². The topological polar surface area (TPSA) is 79.5 Å². The lowest BCUT2D eigenvalue weighted by Crippen LogP contribution is -2.20. The molecule has 2 heterocycles. The summed E-state index contributed by atoms with van der Waals surface area (Å²) in [5.41, 5.74) is 2.43. The van der Waals surface area contributed by atoms with Gasteiger partial charge in [-0.3, -0.25) is 0 Å². The van der Waals surface area contributed by atoms with Crippen LogP contribution in [0.4, 0.5) is 5.69 Å². The summed E-state index contributed by atoms with van der Waals surface area (Å²) in [4.78, 5) is 17.0. The van der Waals surface area contributed by atoms with E-state index in [0.717, 1.165) is 24.2 Å². The fourth-order valence-electron chi connectivity index (χ4n) is 2.20. The number of carboxylic acids is 1. The molecule has 1 N–H and O–H groups in total. The molecule has 92 valence electrons. The van der Waals surface area contributed by atoms with Gasteiger partial charge in [-0.1, -0.05) is 5.16 Å². The van der Waals surface area contributed by atoms with E-state index in [2.05, 4.69) is 15.0 Å². The van der Waals surface area contributed by atoms with Crippen molar-refractivity contribution in [2.45, 2.75) is 13.0 Å². The molecule has 0 spiro atoms. The Kier molecular flexibility index (Phi) is 2.47. The Bertz CT molecular complexity index is 580. The van der Waals surface area contributed by atoms with Crippen molar-refractivity contribution in [3.05, 3.63) is 41.5 Å². The summed E-state index contributed by atoms with van der Waals surface area (Å²) >= 11 is 0. The van der Waals surface area contributed by atoms with Gasteiger partial charge >= 0.3 is 5.97 Å². The van der Waals surface area contributed by atoms with Gasteiger partial charge in [0.1, 0.15) is 0 Å². The summed E-state index contributed by atoms with van der Waals surface area (Å²) in [5.74, 6) is -0.264. The second-order valence-corrected chi connectivity index (χ2v) is 4.17. The molecule has 3 rings (SSSR count). The zero-order chi connectivity index (χ0) is 12.5. The first kappa shape index (κ1) is 10.8. The number of nitrogens with zero attached hydrogens (tertiary/aromatic N) is 3. The molecule has 0 unspecified atom stereocenters. The number of aromatic carboxylic acids is 1. The first-order chi connectivity index (χ1) is 8.74. The molecule has 1 aromatic carbocycles. The van der Waals surface area contributed by atoms with Crippen molar-refractivity contribution in [2.75, 3.05) is 11.4 Å². The first-order valence-electron chi connectivity index (χ1n) is 5.60. The maximum atomic E-state index is 10.9. The van der Waals surface area contributed by atoms with Crippen LogP contribution in [0.5, 0.6) is 0 Å². The lowest BCUT2D eigenvalue weighted by Gasteiger charge is -2.16. The summed E-state index contributed by atoms with van der Waals surface area (Å²) in [5, 5.41) is 12.7. The van der Waals surface area contributed by atoms with E-state index in [-0.39, 0.29) is 0 Å². The van der Waals surface area contributed by atoms with Crippen LogP contribution in [0.3, 0.4) is 0 Å². The Morgan fingerprint density at radius 2 is 2.39 bits per heavy atom. The van der Waals surface area contributed by atoms with Crippen LogP contribution < -0.4 is 4.90 Å². The molecule has 0 fully saturated rings. The largest absolute Gasteiger partial charge is 0.478 e. The van der Waals surface area contributed by atoms with Gasteiger partial charge in [0.15, 0.2) is 5.82 Å². The van der Waals surface area contributed by atoms with E-state index in [0.29, 0.717) is 17.9 Å². The molecule has 1 aliphatic rings. The number of rotatable bonds is 3. The van der Waals surface area contributed by atoms with Gasteiger partial charge in [0, 0.05) is 12.2 Å². The smallest absolute Gasteiger partial charge is 0.335 e. The van der Waals surface area contributed by atoms with Crippen LogP contribution in [-0.4, -0.2) is 27.8 Å². The van der Waals surface area contributed by atoms with Gasteiger partial charge in [-0.25, -0.2) is 4.79 Å². The van der Waals surface area contributed by atoms with Crippen LogP contribution in [0.15, 0.2) is 29.1 Å². The van der Waals surface area contributed by atoms with Gasteiger partial charge in [0.05, 0.1) is 12.1 Å². The highest BCUT2D eigenvalue weighted by molar-refractivity contribution is 5.88. The molecule has 0 bridgehead atoms. The molecule has 0 atom stereocenters. The second-order valence-electron chi connectivity index (χ2n) is 4.17. The Hall–Kier alpha value is -2.37. The molecule has 0 amide bonds. The van der Waals surface area contributed by atoms with Crippen molar-refractivity contribution in [1.29, 1.82) is 0 Å². The maximum Gasteiger partial charge on any atom is 0.335 e. The number of fused-ring (bicyclic) bond motifs is 1. The molecule has 0 radical (unpaired) electrons. The molecule has 6 heteroatoms. The summed E-state index contributed by atoms with van der Waals surface area (Å²) < 4.78 is 4.70. The van der Waals surface area contributed by atoms with Gasteiger partial charge in [0.25, 0.3) is 0 Å². The number of aromatic nitrogens is 2. The summed E-state index contributed by atoms with van der Waals surface area (Å²) in [6.07, 6.45) is 2.15. The molecule has 6 nitrogen and oxygen atoms in total. The Balaban J connectivity index is 1.86. The molecule has 0 aliphatic carbocycles. The Labute approximate surface area is 103 Å². The Morgan fingerprint density at radius 1 is 1.50 bits per heavy atom. The lowest BCUT2D eigenvalue weighted by atomic mass is 10.1. The minimum Gasteiger partial charge on any atom is -0.478 e. The van der Waals surface area contributed by atoms with Gasteiger partial charge in [0.2, 0.25) is 6.39 Å². The van der Waals surface area contributed by atoms with Crippen LogP contribution >= 0.6 is 0 Å². The standard InChI is InChI=1S/C12H11N3O3/c16-12(17)9-1-2-10-8(5-9)3-4-15(10)6-11-13-7-18-14-11/h1-2,5,7H,3-4,6H2,(H,16,17). The second kappa shape index (κ2) is 4.14. The predicted octanol–water partition coefficient (Wildman–Crippen LogP) is 1.33. The molecule has 0 saturated carbocycles. The number of hydrogen-bond donors (Lipinski definition) is 1. The van der Waals surface area contributed by atoms with Crippen molar-refractivity contribution in [2.24, 2.45) is 0 Å². The zero-order valence-electron chi connectivity index (χ0n) is 9.54.